The summed E-state index contributed by atoms with van der Waals surface area (Å²) in [5, 5.41) is 3.50. The zero-order chi connectivity index (χ0) is 12.9. The quantitative estimate of drug-likeness (QED) is 0.647. The molecule has 1 aliphatic carbocycles. The Morgan fingerprint density at radius 1 is 1.35 bits per heavy atom. The molecule has 1 saturated carbocycles. The van der Waals surface area contributed by atoms with Gasteiger partial charge in [0.1, 0.15) is 9.84 Å². The molecule has 3 nitrogen and oxygen atoms in total. The van der Waals surface area contributed by atoms with E-state index in [9.17, 15) is 8.42 Å². The number of hydrogen-bond acceptors (Lipinski definition) is 3. The van der Waals surface area contributed by atoms with Crippen molar-refractivity contribution in [2.45, 2.75) is 46.0 Å². The van der Waals surface area contributed by atoms with Crippen molar-refractivity contribution < 1.29 is 8.42 Å². The van der Waals surface area contributed by atoms with Crippen molar-refractivity contribution in [2.75, 3.05) is 25.1 Å². The van der Waals surface area contributed by atoms with E-state index in [4.69, 9.17) is 0 Å². The molecule has 0 bridgehead atoms. The van der Waals surface area contributed by atoms with Gasteiger partial charge in [-0.1, -0.05) is 13.8 Å². The molecule has 0 radical (unpaired) electrons. The van der Waals surface area contributed by atoms with Crippen LogP contribution < -0.4 is 5.32 Å². The molecule has 102 valence electrons. The lowest BCUT2D eigenvalue weighted by Crippen LogP contribution is -2.34. The van der Waals surface area contributed by atoms with E-state index in [-0.39, 0.29) is 0 Å². The third-order valence-electron chi connectivity index (χ3n) is 3.78. The van der Waals surface area contributed by atoms with Gasteiger partial charge in [0.25, 0.3) is 0 Å². The standard InChI is InChI=1S/C13H27NO2S/c1-4-9-14-11-13(2,12-6-7-12)8-5-10-17(3,15)16/h12,14H,4-11H2,1-3H3. The Bertz CT molecular complexity index is 322. The highest BCUT2D eigenvalue weighted by Crippen LogP contribution is 2.47. The zero-order valence-corrected chi connectivity index (χ0v) is 12.3. The van der Waals surface area contributed by atoms with Gasteiger partial charge in [-0.25, -0.2) is 8.42 Å². The minimum absolute atomic E-state index is 0.305. The largest absolute Gasteiger partial charge is 0.316 e. The van der Waals surface area contributed by atoms with Crippen molar-refractivity contribution in [3.63, 3.8) is 0 Å². The SMILES string of the molecule is CCCNCC(C)(CCCS(C)(=O)=O)C1CC1. The fraction of sp³-hybridized carbons (Fsp3) is 1.00. The van der Waals surface area contributed by atoms with E-state index in [1.807, 2.05) is 0 Å². The van der Waals surface area contributed by atoms with Gasteiger partial charge < -0.3 is 5.32 Å². The number of rotatable bonds is 9. The molecule has 1 N–H and O–H groups in total. The van der Waals surface area contributed by atoms with E-state index >= 15 is 0 Å². The van der Waals surface area contributed by atoms with E-state index in [1.165, 1.54) is 19.1 Å². The first-order valence-corrected chi connectivity index (χ1v) is 8.82. The summed E-state index contributed by atoms with van der Waals surface area (Å²) >= 11 is 0. The summed E-state index contributed by atoms with van der Waals surface area (Å²) in [6.45, 7) is 6.59. The normalized spacial score (nSPS) is 20.2. The lowest BCUT2D eigenvalue weighted by molar-refractivity contribution is 0.235. The first-order chi connectivity index (χ1) is 7.87. The Morgan fingerprint density at radius 3 is 2.47 bits per heavy atom. The summed E-state index contributed by atoms with van der Waals surface area (Å²) < 4.78 is 22.3. The van der Waals surface area contributed by atoms with Gasteiger partial charge in [-0.15, -0.1) is 0 Å². The van der Waals surface area contributed by atoms with Gasteiger partial charge >= 0.3 is 0 Å². The number of nitrogens with one attached hydrogen (secondary N) is 1. The maximum absolute atomic E-state index is 11.1. The van der Waals surface area contributed by atoms with Crippen LogP contribution in [0.2, 0.25) is 0 Å². The zero-order valence-electron chi connectivity index (χ0n) is 11.5. The van der Waals surface area contributed by atoms with Crippen LogP contribution in [0.5, 0.6) is 0 Å². The molecule has 4 heteroatoms. The molecule has 0 aromatic carbocycles. The minimum Gasteiger partial charge on any atom is -0.316 e. The molecular formula is C13H27NO2S. The second-order valence-electron chi connectivity index (χ2n) is 5.84. The first kappa shape index (κ1) is 15.0. The maximum atomic E-state index is 11.1. The molecule has 0 spiro atoms. The molecule has 1 fully saturated rings. The van der Waals surface area contributed by atoms with E-state index in [2.05, 4.69) is 19.2 Å². The second kappa shape index (κ2) is 6.19. The van der Waals surface area contributed by atoms with Crippen molar-refractivity contribution in [1.29, 1.82) is 0 Å². The van der Waals surface area contributed by atoms with Crippen molar-refractivity contribution in [2.24, 2.45) is 11.3 Å². The van der Waals surface area contributed by atoms with Gasteiger partial charge in [0.15, 0.2) is 0 Å². The average molecular weight is 261 g/mol. The van der Waals surface area contributed by atoms with Crippen molar-refractivity contribution >= 4 is 9.84 Å². The Morgan fingerprint density at radius 2 is 2.00 bits per heavy atom. The van der Waals surface area contributed by atoms with Crippen LogP contribution in [0, 0.1) is 11.3 Å². The summed E-state index contributed by atoms with van der Waals surface area (Å²) in [6.07, 6.45) is 6.97. The number of hydrogen-bond donors (Lipinski definition) is 1. The molecule has 1 aliphatic rings. The van der Waals surface area contributed by atoms with E-state index in [0.29, 0.717) is 11.2 Å². The molecule has 17 heavy (non-hydrogen) atoms. The molecule has 0 aromatic rings. The lowest BCUT2D eigenvalue weighted by atomic mass is 9.80. The highest BCUT2D eigenvalue weighted by Gasteiger charge is 2.40. The van der Waals surface area contributed by atoms with Crippen molar-refractivity contribution in [3.8, 4) is 0 Å². The van der Waals surface area contributed by atoms with Crippen LogP contribution in [0.4, 0.5) is 0 Å². The number of sulfone groups is 1. The van der Waals surface area contributed by atoms with Gasteiger partial charge in [0.2, 0.25) is 0 Å². The molecule has 0 aliphatic heterocycles. The Balaban J connectivity index is 2.36. The Hall–Kier alpha value is -0.0900. The molecular weight excluding hydrogens is 234 g/mol. The molecule has 0 heterocycles. The van der Waals surface area contributed by atoms with Gasteiger partial charge in [-0.3, -0.25) is 0 Å². The lowest BCUT2D eigenvalue weighted by Gasteiger charge is -2.30. The van der Waals surface area contributed by atoms with Crippen molar-refractivity contribution in [3.05, 3.63) is 0 Å². The molecule has 1 atom stereocenters. The Labute approximate surface area is 106 Å². The van der Waals surface area contributed by atoms with Gasteiger partial charge in [-0.05, 0) is 50.0 Å². The second-order valence-corrected chi connectivity index (χ2v) is 8.10. The highest BCUT2D eigenvalue weighted by atomic mass is 32.2. The predicted octanol–water partition coefficient (Wildman–Crippen LogP) is 2.23. The van der Waals surface area contributed by atoms with Gasteiger partial charge in [0.05, 0.1) is 0 Å². The average Bonchev–Trinajstić information content (AvgIpc) is 2.99. The molecule has 1 unspecified atom stereocenters. The molecule has 0 amide bonds. The third-order valence-corrected chi connectivity index (χ3v) is 4.81. The van der Waals surface area contributed by atoms with Gasteiger partial charge in [0, 0.05) is 18.6 Å². The highest BCUT2D eigenvalue weighted by molar-refractivity contribution is 7.90. The molecule has 0 aromatic heterocycles. The van der Waals surface area contributed by atoms with Crippen LogP contribution in [-0.4, -0.2) is 33.5 Å². The van der Waals surface area contributed by atoms with E-state index in [1.54, 1.807) is 0 Å². The van der Waals surface area contributed by atoms with Crippen LogP contribution in [0.15, 0.2) is 0 Å². The molecule has 1 rings (SSSR count). The van der Waals surface area contributed by atoms with Crippen LogP contribution >= 0.6 is 0 Å². The Kier molecular flexibility index (Phi) is 5.45. The summed E-state index contributed by atoms with van der Waals surface area (Å²) in [5.74, 6) is 1.15. The minimum atomic E-state index is -2.80. The summed E-state index contributed by atoms with van der Waals surface area (Å²) in [4.78, 5) is 0. The summed E-state index contributed by atoms with van der Waals surface area (Å²) in [5.41, 5.74) is 0.305. The van der Waals surface area contributed by atoms with E-state index in [0.717, 1.165) is 38.3 Å². The van der Waals surface area contributed by atoms with Crippen LogP contribution in [0.25, 0.3) is 0 Å². The predicted molar refractivity (Wildman–Crippen MR) is 72.9 cm³/mol. The first-order valence-electron chi connectivity index (χ1n) is 6.76. The summed E-state index contributed by atoms with van der Waals surface area (Å²) in [7, 11) is -2.80. The van der Waals surface area contributed by atoms with Crippen LogP contribution in [0.1, 0.15) is 46.0 Å². The maximum Gasteiger partial charge on any atom is 0.147 e. The fourth-order valence-electron chi connectivity index (χ4n) is 2.51. The smallest absolute Gasteiger partial charge is 0.147 e. The van der Waals surface area contributed by atoms with Crippen LogP contribution in [-0.2, 0) is 9.84 Å². The van der Waals surface area contributed by atoms with Gasteiger partial charge in [-0.2, -0.15) is 0 Å². The van der Waals surface area contributed by atoms with Crippen LogP contribution in [0.3, 0.4) is 0 Å². The molecule has 0 saturated heterocycles. The third kappa shape index (κ3) is 5.87. The summed E-state index contributed by atoms with van der Waals surface area (Å²) in [6, 6.07) is 0. The van der Waals surface area contributed by atoms with Crippen molar-refractivity contribution in [1.82, 2.24) is 5.32 Å². The monoisotopic (exact) mass is 261 g/mol. The fourth-order valence-corrected chi connectivity index (χ4v) is 3.17. The van der Waals surface area contributed by atoms with E-state index < -0.39 is 9.84 Å². The topological polar surface area (TPSA) is 46.2 Å².